The maximum absolute atomic E-state index is 11.7. The van der Waals surface area contributed by atoms with Gasteiger partial charge in [-0.2, -0.15) is 0 Å². The lowest BCUT2D eigenvalue weighted by atomic mass is 9.98. The van der Waals surface area contributed by atoms with Crippen LogP contribution in [0.25, 0.3) is 0 Å². The van der Waals surface area contributed by atoms with Crippen LogP contribution in [0.5, 0.6) is 0 Å². The van der Waals surface area contributed by atoms with E-state index in [0.717, 1.165) is 25.4 Å². The SMILES string of the molecule is CCOC(=O)CC(=O)CN1CCCC(CC)CC1. The molecule has 1 fully saturated rings. The van der Waals surface area contributed by atoms with Crippen molar-refractivity contribution in [3.8, 4) is 0 Å². The first-order chi connectivity index (χ1) is 8.65. The van der Waals surface area contributed by atoms with E-state index in [9.17, 15) is 9.59 Å². The summed E-state index contributed by atoms with van der Waals surface area (Å²) in [5.74, 6) is 0.377. The van der Waals surface area contributed by atoms with Gasteiger partial charge < -0.3 is 4.74 Å². The summed E-state index contributed by atoms with van der Waals surface area (Å²) in [6, 6.07) is 0. The Morgan fingerprint density at radius 3 is 2.67 bits per heavy atom. The second-order valence-corrected chi connectivity index (χ2v) is 5.00. The number of hydrogen-bond acceptors (Lipinski definition) is 4. The highest BCUT2D eigenvalue weighted by Gasteiger charge is 2.19. The first-order valence-corrected chi connectivity index (χ1v) is 7.05. The predicted molar refractivity (Wildman–Crippen MR) is 70.3 cm³/mol. The minimum atomic E-state index is -0.399. The van der Waals surface area contributed by atoms with Gasteiger partial charge in [0.2, 0.25) is 0 Å². The molecular weight excluding hydrogens is 230 g/mol. The molecule has 1 aliphatic heterocycles. The lowest BCUT2D eigenvalue weighted by Crippen LogP contribution is -2.32. The van der Waals surface area contributed by atoms with Crippen molar-refractivity contribution in [2.75, 3.05) is 26.2 Å². The number of nitrogens with zero attached hydrogens (tertiary/aromatic N) is 1. The topological polar surface area (TPSA) is 46.6 Å². The molecule has 1 unspecified atom stereocenters. The molecule has 0 aromatic carbocycles. The van der Waals surface area contributed by atoms with E-state index < -0.39 is 5.97 Å². The quantitative estimate of drug-likeness (QED) is 0.538. The van der Waals surface area contributed by atoms with E-state index in [4.69, 9.17) is 4.74 Å². The average Bonchev–Trinajstić information content (AvgIpc) is 2.54. The van der Waals surface area contributed by atoms with Gasteiger partial charge in [-0.3, -0.25) is 14.5 Å². The van der Waals surface area contributed by atoms with E-state index in [1.807, 2.05) is 0 Å². The van der Waals surface area contributed by atoms with Gasteiger partial charge in [-0.15, -0.1) is 0 Å². The Kier molecular flexibility index (Phi) is 6.94. The van der Waals surface area contributed by atoms with Crippen LogP contribution >= 0.6 is 0 Å². The van der Waals surface area contributed by atoms with Crippen LogP contribution in [0.4, 0.5) is 0 Å². The molecule has 4 nitrogen and oxygen atoms in total. The molecule has 1 saturated heterocycles. The van der Waals surface area contributed by atoms with E-state index in [2.05, 4.69) is 11.8 Å². The molecule has 1 aliphatic rings. The van der Waals surface area contributed by atoms with Gasteiger partial charge in [0.25, 0.3) is 0 Å². The highest BCUT2D eigenvalue weighted by atomic mass is 16.5. The zero-order valence-electron chi connectivity index (χ0n) is 11.6. The van der Waals surface area contributed by atoms with Crippen molar-refractivity contribution in [3.63, 3.8) is 0 Å². The van der Waals surface area contributed by atoms with Crippen LogP contribution in [0.3, 0.4) is 0 Å². The molecule has 0 aromatic rings. The highest BCUT2D eigenvalue weighted by molar-refractivity contribution is 5.96. The van der Waals surface area contributed by atoms with Gasteiger partial charge in [-0.1, -0.05) is 13.3 Å². The largest absolute Gasteiger partial charge is 0.466 e. The molecule has 1 heterocycles. The summed E-state index contributed by atoms with van der Waals surface area (Å²) in [5.41, 5.74) is 0. The summed E-state index contributed by atoms with van der Waals surface area (Å²) in [5, 5.41) is 0. The highest BCUT2D eigenvalue weighted by Crippen LogP contribution is 2.20. The molecule has 0 N–H and O–H groups in total. The van der Waals surface area contributed by atoms with Crippen molar-refractivity contribution in [2.45, 2.75) is 46.0 Å². The lowest BCUT2D eigenvalue weighted by molar-refractivity contribution is -0.145. The Labute approximate surface area is 110 Å². The van der Waals surface area contributed by atoms with E-state index >= 15 is 0 Å². The first-order valence-electron chi connectivity index (χ1n) is 7.05. The van der Waals surface area contributed by atoms with E-state index in [0.29, 0.717) is 13.2 Å². The van der Waals surface area contributed by atoms with Crippen molar-refractivity contribution in [2.24, 2.45) is 5.92 Å². The third-order valence-corrected chi connectivity index (χ3v) is 3.56. The molecule has 0 radical (unpaired) electrons. The Morgan fingerprint density at radius 2 is 2.00 bits per heavy atom. The fourth-order valence-corrected chi connectivity index (χ4v) is 2.47. The van der Waals surface area contributed by atoms with Crippen LogP contribution in [0.1, 0.15) is 46.0 Å². The van der Waals surface area contributed by atoms with Crippen molar-refractivity contribution in [3.05, 3.63) is 0 Å². The number of esters is 1. The molecule has 1 atom stereocenters. The number of ether oxygens (including phenoxy) is 1. The van der Waals surface area contributed by atoms with Crippen LogP contribution in [-0.4, -0.2) is 42.9 Å². The molecule has 0 aliphatic carbocycles. The number of rotatable bonds is 6. The van der Waals surface area contributed by atoms with Crippen molar-refractivity contribution < 1.29 is 14.3 Å². The molecule has 104 valence electrons. The molecule has 1 rings (SSSR count). The van der Waals surface area contributed by atoms with Gasteiger partial charge in [0.15, 0.2) is 5.78 Å². The molecule has 18 heavy (non-hydrogen) atoms. The normalized spacial score (nSPS) is 21.3. The number of ketones is 1. The van der Waals surface area contributed by atoms with Gasteiger partial charge in [-0.25, -0.2) is 0 Å². The second kappa shape index (κ2) is 8.25. The van der Waals surface area contributed by atoms with Gasteiger partial charge in [0, 0.05) is 0 Å². The summed E-state index contributed by atoms with van der Waals surface area (Å²) in [6.07, 6.45) is 4.74. The van der Waals surface area contributed by atoms with Crippen molar-refractivity contribution in [1.29, 1.82) is 0 Å². The van der Waals surface area contributed by atoms with Crippen LogP contribution in [0.15, 0.2) is 0 Å². The average molecular weight is 255 g/mol. The third kappa shape index (κ3) is 5.63. The Bertz CT molecular complexity index is 278. The summed E-state index contributed by atoms with van der Waals surface area (Å²) in [4.78, 5) is 25.1. The van der Waals surface area contributed by atoms with Gasteiger partial charge in [-0.05, 0) is 45.2 Å². The maximum Gasteiger partial charge on any atom is 0.313 e. The van der Waals surface area contributed by atoms with Gasteiger partial charge in [0.1, 0.15) is 6.42 Å². The second-order valence-electron chi connectivity index (χ2n) is 5.00. The number of carbonyl (C=O) groups excluding carboxylic acids is 2. The lowest BCUT2D eigenvalue weighted by Gasteiger charge is -2.18. The molecule has 0 aromatic heterocycles. The first kappa shape index (κ1) is 15.2. The van der Waals surface area contributed by atoms with Gasteiger partial charge in [0.05, 0.1) is 13.2 Å². The number of hydrogen-bond donors (Lipinski definition) is 0. The zero-order chi connectivity index (χ0) is 13.4. The van der Waals surface area contributed by atoms with Crippen LogP contribution in [-0.2, 0) is 14.3 Å². The molecule has 0 saturated carbocycles. The minimum absolute atomic E-state index is 0.0246. The van der Waals surface area contributed by atoms with E-state index in [1.54, 1.807) is 6.92 Å². The zero-order valence-corrected chi connectivity index (χ0v) is 11.6. The number of carbonyl (C=O) groups is 2. The van der Waals surface area contributed by atoms with Crippen LogP contribution < -0.4 is 0 Å². The Morgan fingerprint density at radius 1 is 1.22 bits per heavy atom. The molecule has 4 heteroatoms. The number of Topliss-reactive ketones (excluding diaryl/α,β-unsaturated/α-hetero) is 1. The van der Waals surface area contributed by atoms with E-state index in [1.165, 1.54) is 19.3 Å². The Hall–Kier alpha value is -0.900. The molecule has 0 amide bonds. The fourth-order valence-electron chi connectivity index (χ4n) is 2.47. The van der Waals surface area contributed by atoms with Crippen molar-refractivity contribution in [1.82, 2.24) is 4.90 Å². The van der Waals surface area contributed by atoms with Crippen molar-refractivity contribution >= 4 is 11.8 Å². The van der Waals surface area contributed by atoms with E-state index in [-0.39, 0.29) is 12.2 Å². The maximum atomic E-state index is 11.7. The summed E-state index contributed by atoms with van der Waals surface area (Å²) in [6.45, 7) is 6.68. The molecule has 0 spiro atoms. The fraction of sp³-hybridized carbons (Fsp3) is 0.857. The molecular formula is C14H25NO3. The van der Waals surface area contributed by atoms with Crippen LogP contribution in [0, 0.1) is 5.92 Å². The summed E-state index contributed by atoms with van der Waals surface area (Å²) >= 11 is 0. The summed E-state index contributed by atoms with van der Waals surface area (Å²) in [7, 11) is 0. The third-order valence-electron chi connectivity index (χ3n) is 3.56. The van der Waals surface area contributed by atoms with Crippen LogP contribution in [0.2, 0.25) is 0 Å². The summed E-state index contributed by atoms with van der Waals surface area (Å²) < 4.78 is 4.78. The Balaban J connectivity index is 2.29. The monoisotopic (exact) mass is 255 g/mol. The van der Waals surface area contributed by atoms with Gasteiger partial charge >= 0.3 is 5.97 Å². The molecule has 0 bridgehead atoms. The number of likely N-dealkylation sites (tertiary alicyclic amines) is 1. The smallest absolute Gasteiger partial charge is 0.313 e. The minimum Gasteiger partial charge on any atom is -0.466 e. The predicted octanol–water partition coefficient (Wildman–Crippen LogP) is 2.02. The standard InChI is InChI=1S/C14H25NO3/c1-3-12-6-5-8-15(9-7-12)11-13(16)10-14(17)18-4-2/h12H,3-11H2,1-2H3.